The monoisotopic (exact) mass is 298 g/mol. The normalized spacial score (nSPS) is 25.5. The van der Waals surface area contributed by atoms with Crippen LogP contribution in [-0.4, -0.2) is 43.4 Å². The second-order valence-corrected chi connectivity index (χ2v) is 6.64. The second kappa shape index (κ2) is 8.11. The van der Waals surface area contributed by atoms with Gasteiger partial charge in [-0.3, -0.25) is 4.79 Å². The molecular weight excluding hydrogens is 268 g/mol. The summed E-state index contributed by atoms with van der Waals surface area (Å²) >= 11 is 0. The predicted octanol–water partition coefficient (Wildman–Crippen LogP) is 1.74. The highest BCUT2D eigenvalue weighted by Crippen LogP contribution is 2.25. The molecule has 0 spiro atoms. The van der Waals surface area contributed by atoms with E-state index in [1.165, 1.54) is 12.8 Å². The molecule has 1 aliphatic carbocycles. The summed E-state index contributed by atoms with van der Waals surface area (Å²) in [5, 5.41) is 3.37. The minimum atomic E-state index is -0.562. The molecule has 2 atom stereocenters. The molecule has 1 amide bonds. The van der Waals surface area contributed by atoms with E-state index in [0.29, 0.717) is 12.6 Å². The van der Waals surface area contributed by atoms with E-state index >= 15 is 0 Å². The molecular formula is C16H30N2O3. The van der Waals surface area contributed by atoms with Gasteiger partial charge in [0.15, 0.2) is 0 Å². The Hall–Kier alpha value is -0.650. The van der Waals surface area contributed by atoms with Crippen LogP contribution in [0.15, 0.2) is 0 Å². The molecule has 2 aliphatic rings. The number of amides is 1. The Labute approximate surface area is 127 Å². The van der Waals surface area contributed by atoms with Crippen LogP contribution in [-0.2, 0) is 14.3 Å². The number of hydrogen-bond acceptors (Lipinski definition) is 4. The fraction of sp³-hybridized carbons (Fsp3) is 0.938. The van der Waals surface area contributed by atoms with Crippen LogP contribution in [0.1, 0.15) is 58.3 Å². The summed E-state index contributed by atoms with van der Waals surface area (Å²) in [4.78, 5) is 11.6. The number of primary amides is 1. The zero-order chi connectivity index (χ0) is 15.1. The summed E-state index contributed by atoms with van der Waals surface area (Å²) in [6, 6.07) is 0.488. The Morgan fingerprint density at radius 2 is 2.14 bits per heavy atom. The van der Waals surface area contributed by atoms with Crippen molar-refractivity contribution < 1.29 is 14.3 Å². The minimum absolute atomic E-state index is 0.245. The predicted molar refractivity (Wildman–Crippen MR) is 82.0 cm³/mol. The van der Waals surface area contributed by atoms with Crippen LogP contribution in [0.4, 0.5) is 0 Å². The molecule has 1 saturated carbocycles. The van der Waals surface area contributed by atoms with Gasteiger partial charge in [0.25, 0.3) is 0 Å². The first-order valence-electron chi connectivity index (χ1n) is 8.37. The molecule has 5 nitrogen and oxygen atoms in total. The van der Waals surface area contributed by atoms with E-state index in [0.717, 1.165) is 51.7 Å². The Morgan fingerprint density at radius 3 is 2.76 bits per heavy atom. The average Bonchev–Trinajstić information content (AvgIpc) is 3.27. The smallest absolute Gasteiger partial charge is 0.237 e. The number of unbranched alkanes of at least 4 members (excludes halogenated alkanes) is 1. The Bertz CT molecular complexity index is 327. The third-order valence-electron chi connectivity index (χ3n) is 4.44. The Balaban J connectivity index is 1.53. The molecule has 2 rings (SSSR count). The van der Waals surface area contributed by atoms with Crippen molar-refractivity contribution in [3.8, 4) is 0 Å². The first-order chi connectivity index (χ1) is 10.1. The van der Waals surface area contributed by atoms with E-state index in [9.17, 15) is 4.79 Å². The first-order valence-corrected chi connectivity index (χ1v) is 8.37. The van der Waals surface area contributed by atoms with Gasteiger partial charge < -0.3 is 20.5 Å². The maximum atomic E-state index is 11.6. The van der Waals surface area contributed by atoms with E-state index in [4.69, 9.17) is 15.2 Å². The summed E-state index contributed by atoms with van der Waals surface area (Å²) in [6.07, 6.45) is 8.83. The fourth-order valence-electron chi connectivity index (χ4n) is 2.78. The highest BCUT2D eigenvalue weighted by atomic mass is 16.5. The molecule has 122 valence electrons. The van der Waals surface area contributed by atoms with Crippen LogP contribution < -0.4 is 11.1 Å². The van der Waals surface area contributed by atoms with Gasteiger partial charge in [0.05, 0.1) is 18.2 Å². The maximum absolute atomic E-state index is 11.6. The lowest BCUT2D eigenvalue weighted by Crippen LogP contribution is -2.53. The molecule has 2 fully saturated rings. The zero-order valence-corrected chi connectivity index (χ0v) is 13.2. The molecule has 21 heavy (non-hydrogen) atoms. The molecule has 0 aromatic rings. The van der Waals surface area contributed by atoms with Crippen LogP contribution in [0.25, 0.3) is 0 Å². The van der Waals surface area contributed by atoms with Crippen molar-refractivity contribution in [3.63, 3.8) is 0 Å². The molecule has 0 aromatic carbocycles. The summed E-state index contributed by atoms with van der Waals surface area (Å²) in [6.45, 7) is 4.23. The third-order valence-corrected chi connectivity index (χ3v) is 4.44. The van der Waals surface area contributed by atoms with Crippen LogP contribution in [0.5, 0.6) is 0 Å². The summed E-state index contributed by atoms with van der Waals surface area (Å²) < 4.78 is 11.3. The van der Waals surface area contributed by atoms with Gasteiger partial charge in [-0.15, -0.1) is 0 Å². The lowest BCUT2D eigenvalue weighted by molar-refractivity contribution is -0.124. The molecule has 0 aromatic heterocycles. The third kappa shape index (κ3) is 5.93. The first kappa shape index (κ1) is 16.7. The van der Waals surface area contributed by atoms with Gasteiger partial charge in [0.1, 0.15) is 0 Å². The number of carbonyl (C=O) groups is 1. The Morgan fingerprint density at radius 1 is 1.33 bits per heavy atom. The SMILES string of the molecule is CC(CCCCOCC1CCCCO1)(NC1CC1)C(N)=O. The van der Waals surface area contributed by atoms with Crippen LogP contribution >= 0.6 is 0 Å². The lowest BCUT2D eigenvalue weighted by Gasteiger charge is -2.27. The van der Waals surface area contributed by atoms with Crippen molar-refractivity contribution in [1.82, 2.24) is 5.32 Å². The van der Waals surface area contributed by atoms with Gasteiger partial charge in [-0.25, -0.2) is 0 Å². The number of nitrogens with two attached hydrogens (primary N) is 1. The number of carbonyl (C=O) groups excluding carboxylic acids is 1. The average molecular weight is 298 g/mol. The van der Waals surface area contributed by atoms with Gasteiger partial charge >= 0.3 is 0 Å². The fourth-order valence-corrected chi connectivity index (χ4v) is 2.78. The van der Waals surface area contributed by atoms with Crippen molar-refractivity contribution in [2.24, 2.45) is 5.73 Å². The molecule has 1 aliphatic heterocycles. The van der Waals surface area contributed by atoms with Gasteiger partial charge in [0.2, 0.25) is 5.91 Å². The van der Waals surface area contributed by atoms with Crippen LogP contribution in [0.2, 0.25) is 0 Å². The number of nitrogens with one attached hydrogen (secondary N) is 1. The maximum Gasteiger partial charge on any atom is 0.237 e. The summed E-state index contributed by atoms with van der Waals surface area (Å²) in [7, 11) is 0. The van der Waals surface area contributed by atoms with Crippen molar-refractivity contribution in [2.45, 2.75) is 76.0 Å². The lowest BCUT2D eigenvalue weighted by atomic mass is 9.94. The largest absolute Gasteiger partial charge is 0.379 e. The molecule has 5 heteroatoms. The van der Waals surface area contributed by atoms with Crippen molar-refractivity contribution in [1.29, 1.82) is 0 Å². The second-order valence-electron chi connectivity index (χ2n) is 6.64. The van der Waals surface area contributed by atoms with E-state index in [2.05, 4.69) is 5.32 Å². The molecule has 1 saturated heterocycles. The summed E-state index contributed by atoms with van der Waals surface area (Å²) in [5.74, 6) is -0.245. The van der Waals surface area contributed by atoms with Gasteiger partial charge in [-0.05, 0) is 58.3 Å². The van der Waals surface area contributed by atoms with E-state index < -0.39 is 5.54 Å². The highest BCUT2D eigenvalue weighted by molar-refractivity contribution is 5.84. The number of ether oxygens (including phenoxy) is 2. The van der Waals surface area contributed by atoms with Crippen LogP contribution in [0, 0.1) is 0 Å². The Kier molecular flexibility index (Phi) is 6.45. The quantitative estimate of drug-likeness (QED) is 0.603. The highest BCUT2D eigenvalue weighted by Gasteiger charge is 2.36. The molecule has 2 unspecified atom stereocenters. The van der Waals surface area contributed by atoms with E-state index in [-0.39, 0.29) is 12.0 Å². The molecule has 0 radical (unpaired) electrons. The van der Waals surface area contributed by atoms with E-state index in [1.807, 2.05) is 6.92 Å². The van der Waals surface area contributed by atoms with Crippen molar-refractivity contribution in [2.75, 3.05) is 19.8 Å². The number of hydrogen-bond donors (Lipinski definition) is 2. The minimum Gasteiger partial charge on any atom is -0.379 e. The standard InChI is InChI=1S/C16H30N2O3/c1-16(15(17)19,18-13-7-8-13)9-3-5-10-20-12-14-6-2-4-11-21-14/h13-14,18H,2-12H2,1H3,(H2,17,19). The van der Waals surface area contributed by atoms with Gasteiger partial charge in [-0.2, -0.15) is 0 Å². The topological polar surface area (TPSA) is 73.6 Å². The van der Waals surface area contributed by atoms with Crippen molar-refractivity contribution in [3.05, 3.63) is 0 Å². The van der Waals surface area contributed by atoms with Gasteiger partial charge in [-0.1, -0.05) is 0 Å². The summed E-state index contributed by atoms with van der Waals surface area (Å²) in [5.41, 5.74) is 4.97. The zero-order valence-electron chi connectivity index (χ0n) is 13.2. The van der Waals surface area contributed by atoms with E-state index in [1.54, 1.807) is 0 Å². The van der Waals surface area contributed by atoms with Gasteiger partial charge in [0, 0.05) is 19.3 Å². The molecule has 0 bridgehead atoms. The van der Waals surface area contributed by atoms with Crippen molar-refractivity contribution >= 4 is 5.91 Å². The molecule has 3 N–H and O–H groups in total. The van der Waals surface area contributed by atoms with Crippen LogP contribution in [0.3, 0.4) is 0 Å². The molecule has 1 heterocycles. The number of rotatable bonds is 10.